The minimum atomic E-state index is 0.292. The first-order chi connectivity index (χ1) is 15.6. The summed E-state index contributed by atoms with van der Waals surface area (Å²) in [6, 6.07) is 18.5. The average molecular weight is 425 g/mol. The Kier molecular flexibility index (Phi) is 4.56. The molecule has 3 aliphatic rings. The molecule has 0 bridgehead atoms. The molecule has 3 unspecified atom stereocenters. The van der Waals surface area contributed by atoms with E-state index in [9.17, 15) is 5.26 Å². The summed E-state index contributed by atoms with van der Waals surface area (Å²) >= 11 is 0. The molecule has 0 amide bonds. The van der Waals surface area contributed by atoms with Crippen molar-refractivity contribution in [2.45, 2.75) is 38.0 Å². The van der Waals surface area contributed by atoms with Gasteiger partial charge in [0.2, 0.25) is 0 Å². The lowest BCUT2D eigenvalue weighted by atomic mass is 9.99. The van der Waals surface area contributed by atoms with Crippen molar-refractivity contribution in [1.82, 2.24) is 9.88 Å². The van der Waals surface area contributed by atoms with Gasteiger partial charge in [0, 0.05) is 67.8 Å². The Hall–Kier alpha value is -3.14. The van der Waals surface area contributed by atoms with Crippen LogP contribution < -0.4 is 15.5 Å². The number of fused-ring (bicyclic) bond motifs is 4. The van der Waals surface area contributed by atoms with Gasteiger partial charge in [0.15, 0.2) is 0 Å². The fraction of sp³-hybridized carbons (Fsp3) is 0.385. The first kappa shape index (κ1) is 19.5. The molecule has 3 aromatic rings. The van der Waals surface area contributed by atoms with Crippen LogP contribution in [-0.4, -0.2) is 48.1 Å². The number of rotatable bonds is 2. The van der Waals surface area contributed by atoms with Crippen LogP contribution in [-0.2, 0) is 6.54 Å². The Labute approximate surface area is 188 Å². The number of nitriles is 1. The average Bonchev–Trinajstić information content (AvgIpc) is 3.41. The molecule has 2 saturated heterocycles. The van der Waals surface area contributed by atoms with Crippen LogP contribution in [0.4, 0.5) is 11.4 Å². The van der Waals surface area contributed by atoms with Crippen molar-refractivity contribution in [3.05, 3.63) is 65.4 Å². The third kappa shape index (κ3) is 3.04. The minimum Gasteiger partial charge on any atom is -0.370 e. The lowest BCUT2D eigenvalue weighted by Crippen LogP contribution is -2.51. The highest BCUT2D eigenvalue weighted by Crippen LogP contribution is 2.42. The normalized spacial score (nSPS) is 25.1. The van der Waals surface area contributed by atoms with E-state index >= 15 is 0 Å². The van der Waals surface area contributed by atoms with Crippen LogP contribution in [0.2, 0.25) is 0 Å². The first-order valence-corrected chi connectivity index (χ1v) is 11.5. The number of aromatic nitrogens is 1. The number of nitrogens with zero attached hydrogens (tertiary/aromatic N) is 5. The predicted molar refractivity (Wildman–Crippen MR) is 128 cm³/mol. The summed E-state index contributed by atoms with van der Waals surface area (Å²) in [5.74, 6) is 0. The van der Waals surface area contributed by atoms with Crippen LogP contribution in [0, 0.1) is 11.3 Å². The van der Waals surface area contributed by atoms with Crippen LogP contribution in [0.25, 0.3) is 10.9 Å². The number of nitrogens with two attached hydrogens (primary N) is 1. The molecule has 3 aliphatic heterocycles. The molecular formula is C26H28N6. The van der Waals surface area contributed by atoms with Crippen LogP contribution in [0.15, 0.2) is 48.7 Å². The molecule has 3 atom stereocenters. The number of pyridine rings is 1. The van der Waals surface area contributed by atoms with E-state index < -0.39 is 0 Å². The van der Waals surface area contributed by atoms with Crippen LogP contribution in [0.5, 0.6) is 0 Å². The highest BCUT2D eigenvalue weighted by atomic mass is 15.3. The van der Waals surface area contributed by atoms with Crippen molar-refractivity contribution in [3.8, 4) is 6.07 Å². The second-order valence-corrected chi connectivity index (χ2v) is 9.46. The molecule has 2 fully saturated rings. The number of benzene rings is 2. The fourth-order valence-electron chi connectivity index (χ4n) is 5.85. The topological polar surface area (TPSA) is 72.4 Å². The number of hydrogen-bond donors (Lipinski definition) is 1. The van der Waals surface area contributed by atoms with Gasteiger partial charge >= 0.3 is 0 Å². The maximum absolute atomic E-state index is 9.51. The Morgan fingerprint density at radius 2 is 2.00 bits per heavy atom. The van der Waals surface area contributed by atoms with Crippen molar-refractivity contribution in [3.63, 3.8) is 0 Å². The lowest BCUT2D eigenvalue weighted by molar-refractivity contribution is 0.134. The standard InChI is InChI=1S/C26H28N6/c1-17-13-31(24-7-4-18(12-27)26-23(24)3-2-9-29-26)16-25-22-6-5-21(11-19(22)14-32(17)25)30-10-8-20(28)15-30/h2-7,9,11,17,20,25H,8,10,13-16,28H2,1H3. The van der Waals surface area contributed by atoms with Gasteiger partial charge in [-0.3, -0.25) is 9.88 Å². The Morgan fingerprint density at radius 1 is 1.09 bits per heavy atom. The maximum atomic E-state index is 9.51. The van der Waals surface area contributed by atoms with E-state index in [1.54, 1.807) is 6.20 Å². The smallest absolute Gasteiger partial charge is 0.101 e. The van der Waals surface area contributed by atoms with E-state index in [1.807, 2.05) is 12.1 Å². The predicted octanol–water partition coefficient (Wildman–Crippen LogP) is 3.41. The van der Waals surface area contributed by atoms with Gasteiger partial charge in [-0.25, -0.2) is 0 Å². The second kappa shape index (κ2) is 7.47. The van der Waals surface area contributed by atoms with Crippen molar-refractivity contribution >= 4 is 22.3 Å². The van der Waals surface area contributed by atoms with Gasteiger partial charge < -0.3 is 15.5 Å². The zero-order valence-corrected chi connectivity index (χ0v) is 18.4. The summed E-state index contributed by atoms with van der Waals surface area (Å²) in [5.41, 5.74) is 13.0. The van der Waals surface area contributed by atoms with Gasteiger partial charge in [0.1, 0.15) is 6.07 Å². The summed E-state index contributed by atoms with van der Waals surface area (Å²) in [6.07, 6.45) is 2.84. The molecule has 32 heavy (non-hydrogen) atoms. The summed E-state index contributed by atoms with van der Waals surface area (Å²) in [5, 5.41) is 10.6. The Bertz CT molecular complexity index is 1230. The minimum absolute atomic E-state index is 0.292. The SMILES string of the molecule is CC1CN(c2ccc(C#N)c3ncccc23)CC2c3ccc(N4CCC(N)C4)cc3CN12. The molecule has 0 aliphatic carbocycles. The zero-order valence-electron chi connectivity index (χ0n) is 18.4. The highest BCUT2D eigenvalue weighted by Gasteiger charge is 2.39. The summed E-state index contributed by atoms with van der Waals surface area (Å²) in [7, 11) is 0. The monoisotopic (exact) mass is 424 g/mol. The molecule has 6 heteroatoms. The van der Waals surface area contributed by atoms with Crippen molar-refractivity contribution in [2.24, 2.45) is 5.73 Å². The summed E-state index contributed by atoms with van der Waals surface area (Å²) in [6.45, 7) is 7.26. The molecule has 2 aromatic carbocycles. The van der Waals surface area contributed by atoms with Gasteiger partial charge in [-0.05, 0) is 60.9 Å². The molecule has 162 valence electrons. The third-order valence-corrected chi connectivity index (χ3v) is 7.48. The van der Waals surface area contributed by atoms with E-state index in [0.29, 0.717) is 23.7 Å². The molecule has 1 aromatic heterocycles. The number of anilines is 2. The zero-order chi connectivity index (χ0) is 21.8. The molecule has 6 nitrogen and oxygen atoms in total. The maximum Gasteiger partial charge on any atom is 0.101 e. The van der Waals surface area contributed by atoms with E-state index in [2.05, 4.69) is 63.0 Å². The summed E-state index contributed by atoms with van der Waals surface area (Å²) < 4.78 is 0. The number of piperazine rings is 1. The van der Waals surface area contributed by atoms with Gasteiger partial charge in [-0.1, -0.05) is 6.07 Å². The van der Waals surface area contributed by atoms with Gasteiger partial charge in [-0.15, -0.1) is 0 Å². The number of hydrogen-bond acceptors (Lipinski definition) is 6. The van der Waals surface area contributed by atoms with E-state index in [1.165, 1.54) is 22.5 Å². The van der Waals surface area contributed by atoms with Crippen LogP contribution in [0.3, 0.4) is 0 Å². The summed E-state index contributed by atoms with van der Waals surface area (Å²) in [4.78, 5) is 12.1. The quantitative estimate of drug-likeness (QED) is 0.680. The van der Waals surface area contributed by atoms with E-state index in [-0.39, 0.29) is 0 Å². The molecule has 2 N–H and O–H groups in total. The molecule has 0 radical (unpaired) electrons. The molecular weight excluding hydrogens is 396 g/mol. The van der Waals surface area contributed by atoms with Gasteiger partial charge in [-0.2, -0.15) is 5.26 Å². The van der Waals surface area contributed by atoms with Crippen LogP contribution in [0.1, 0.15) is 36.1 Å². The fourth-order valence-corrected chi connectivity index (χ4v) is 5.85. The first-order valence-electron chi connectivity index (χ1n) is 11.5. The van der Waals surface area contributed by atoms with Gasteiger partial charge in [0.25, 0.3) is 0 Å². The lowest BCUT2D eigenvalue weighted by Gasteiger charge is -2.43. The van der Waals surface area contributed by atoms with Crippen molar-refractivity contribution < 1.29 is 0 Å². The Morgan fingerprint density at radius 3 is 2.81 bits per heavy atom. The van der Waals surface area contributed by atoms with E-state index in [0.717, 1.165) is 50.0 Å². The molecule has 4 heterocycles. The highest BCUT2D eigenvalue weighted by molar-refractivity contribution is 5.95. The molecule has 0 spiro atoms. The Balaban J connectivity index is 1.33. The molecule has 6 rings (SSSR count). The molecule has 0 saturated carbocycles. The van der Waals surface area contributed by atoms with Gasteiger partial charge in [0.05, 0.1) is 17.1 Å². The second-order valence-electron chi connectivity index (χ2n) is 9.46. The van der Waals surface area contributed by atoms with Crippen molar-refractivity contribution in [2.75, 3.05) is 36.0 Å². The van der Waals surface area contributed by atoms with E-state index in [4.69, 9.17) is 5.73 Å². The third-order valence-electron chi connectivity index (χ3n) is 7.48. The largest absolute Gasteiger partial charge is 0.370 e. The van der Waals surface area contributed by atoms with Crippen LogP contribution >= 0.6 is 0 Å². The van der Waals surface area contributed by atoms with Crippen molar-refractivity contribution in [1.29, 1.82) is 5.26 Å².